The topological polar surface area (TPSA) is 93.0 Å². The summed E-state index contributed by atoms with van der Waals surface area (Å²) < 4.78 is 5.84. The van der Waals surface area contributed by atoms with Crippen molar-refractivity contribution in [2.75, 3.05) is 30.9 Å². The lowest BCUT2D eigenvalue weighted by atomic mass is 10.1. The molecule has 3 aromatic rings. The molecule has 0 spiro atoms. The molecule has 0 saturated heterocycles. The molecule has 0 aliphatic heterocycles. The summed E-state index contributed by atoms with van der Waals surface area (Å²) in [7, 11) is 5.34. The second-order valence-electron chi connectivity index (χ2n) is 7.85. The lowest BCUT2D eigenvalue weighted by Gasteiger charge is -2.19. The van der Waals surface area contributed by atoms with Crippen molar-refractivity contribution in [2.45, 2.75) is 21.3 Å². The van der Waals surface area contributed by atoms with Gasteiger partial charge in [-0.2, -0.15) is 0 Å². The number of ketones is 1. The molecule has 3 rings (SSSR count). The molecule has 0 aliphatic carbocycles. The third kappa shape index (κ3) is 5.58. The van der Waals surface area contributed by atoms with Crippen molar-refractivity contribution in [3.05, 3.63) is 87.5 Å². The largest absolute Gasteiger partial charge is 0.457 e. The molecule has 178 valence electrons. The van der Waals surface area contributed by atoms with E-state index in [1.165, 1.54) is 37.1 Å². The molecule has 0 bridgehead atoms. The predicted octanol–water partition coefficient (Wildman–Crippen LogP) is 5.88. The van der Waals surface area contributed by atoms with Crippen LogP contribution in [0, 0.1) is 17.0 Å². The highest BCUT2D eigenvalue weighted by Crippen LogP contribution is 2.35. The number of Topliss-reactive ketones (excluding diaryl/α,β-unsaturated/α-hetero) is 1. The van der Waals surface area contributed by atoms with E-state index >= 15 is 0 Å². The minimum atomic E-state index is -0.557. The number of aryl methyl sites for hydroxylation is 1. The van der Waals surface area contributed by atoms with E-state index in [-0.39, 0.29) is 35.9 Å². The maximum absolute atomic E-state index is 13.0. The summed E-state index contributed by atoms with van der Waals surface area (Å²) in [5.74, 6) is 0.186. The summed E-state index contributed by atoms with van der Waals surface area (Å²) in [5, 5.41) is 11.8. The first-order valence-corrected chi connectivity index (χ1v) is 10.2. The second-order valence-corrected chi connectivity index (χ2v) is 7.85. The van der Waals surface area contributed by atoms with Crippen molar-refractivity contribution >= 4 is 28.8 Å². The van der Waals surface area contributed by atoms with Gasteiger partial charge in [0, 0.05) is 38.0 Å². The smallest absolute Gasteiger partial charge is 0.296 e. The lowest BCUT2D eigenvalue weighted by molar-refractivity contribution is -0.384. The average Bonchev–Trinajstić information content (AvgIpc) is 2.78. The monoisotopic (exact) mass is 463 g/mol. The highest BCUT2D eigenvalue weighted by molar-refractivity contribution is 6.08. The van der Waals surface area contributed by atoms with Crippen molar-refractivity contribution in [2.24, 2.45) is 0 Å². The van der Waals surface area contributed by atoms with Gasteiger partial charge in [-0.25, -0.2) is 0 Å². The van der Waals surface area contributed by atoms with E-state index in [9.17, 15) is 19.7 Å². The fourth-order valence-electron chi connectivity index (χ4n) is 3.50. The standard InChI is InChI=1S/C25H25N3O5.CH4/c1-16-13-20(9-11-22(16)26(3)4)33-21-10-12-23(24(15-21)28(31)32)27(5)25(30)19-8-6-7-18(14-19)17(2)29;/h6-15H,1-5H3;1H4. The molecule has 0 N–H and O–H groups in total. The second kappa shape index (κ2) is 10.6. The van der Waals surface area contributed by atoms with E-state index in [2.05, 4.69) is 0 Å². The van der Waals surface area contributed by atoms with Gasteiger partial charge in [0.05, 0.1) is 11.0 Å². The number of amides is 1. The van der Waals surface area contributed by atoms with Crippen LogP contribution in [0.3, 0.4) is 0 Å². The van der Waals surface area contributed by atoms with Crippen LogP contribution in [0.1, 0.15) is 40.6 Å². The third-order valence-electron chi connectivity index (χ3n) is 5.21. The Bertz CT molecular complexity index is 1240. The predicted molar refractivity (Wildman–Crippen MR) is 135 cm³/mol. The minimum Gasteiger partial charge on any atom is -0.457 e. The van der Waals surface area contributed by atoms with Gasteiger partial charge in [-0.05, 0) is 61.9 Å². The summed E-state index contributed by atoms with van der Waals surface area (Å²) in [6.07, 6.45) is 0. The maximum Gasteiger partial charge on any atom is 0.296 e. The van der Waals surface area contributed by atoms with E-state index in [0.717, 1.165) is 11.3 Å². The Labute approximate surface area is 199 Å². The van der Waals surface area contributed by atoms with Crippen molar-refractivity contribution in [1.29, 1.82) is 0 Å². The Kier molecular flexibility index (Phi) is 8.13. The normalized spacial score (nSPS) is 10.1. The number of hydrogen-bond acceptors (Lipinski definition) is 6. The zero-order valence-electron chi connectivity index (χ0n) is 19.2. The zero-order chi connectivity index (χ0) is 24.3. The van der Waals surface area contributed by atoms with Crippen LogP contribution in [-0.4, -0.2) is 37.8 Å². The summed E-state index contributed by atoms with van der Waals surface area (Å²) in [4.78, 5) is 39.0. The molecule has 0 aliphatic rings. The average molecular weight is 464 g/mol. The number of carbonyl (C=O) groups excluding carboxylic acids is 2. The van der Waals surface area contributed by atoms with Crippen LogP contribution in [0.5, 0.6) is 11.5 Å². The SMILES string of the molecule is C.CC(=O)c1cccc(C(=O)N(C)c2ccc(Oc3ccc(N(C)C)c(C)c3)cc2[N+](=O)[O-])c1. The Morgan fingerprint density at radius 3 is 2.03 bits per heavy atom. The first-order chi connectivity index (χ1) is 15.6. The number of anilines is 2. The van der Waals surface area contributed by atoms with Gasteiger partial charge in [-0.1, -0.05) is 19.6 Å². The molecule has 0 aromatic heterocycles. The van der Waals surface area contributed by atoms with E-state index in [0.29, 0.717) is 11.3 Å². The van der Waals surface area contributed by atoms with Crippen molar-refractivity contribution in [1.82, 2.24) is 0 Å². The lowest BCUT2D eigenvalue weighted by Crippen LogP contribution is -2.27. The van der Waals surface area contributed by atoms with Gasteiger partial charge < -0.3 is 14.5 Å². The molecule has 0 saturated carbocycles. The molecule has 8 heteroatoms. The quantitative estimate of drug-likeness (QED) is 0.247. The Balaban J connectivity index is 0.00000408. The molecule has 34 heavy (non-hydrogen) atoms. The van der Waals surface area contributed by atoms with Gasteiger partial charge in [0.15, 0.2) is 5.78 Å². The van der Waals surface area contributed by atoms with E-state index in [4.69, 9.17) is 4.74 Å². The Morgan fingerprint density at radius 1 is 0.882 bits per heavy atom. The fourth-order valence-corrected chi connectivity index (χ4v) is 3.50. The molecule has 8 nitrogen and oxygen atoms in total. The Morgan fingerprint density at radius 2 is 1.47 bits per heavy atom. The highest BCUT2D eigenvalue weighted by atomic mass is 16.6. The third-order valence-corrected chi connectivity index (χ3v) is 5.21. The molecular weight excluding hydrogens is 434 g/mol. The number of nitro benzene ring substituents is 1. The molecule has 0 atom stereocenters. The van der Waals surface area contributed by atoms with Crippen LogP contribution >= 0.6 is 0 Å². The minimum absolute atomic E-state index is 0. The first kappa shape index (κ1) is 26.1. The molecule has 0 heterocycles. The van der Waals surface area contributed by atoms with Crippen LogP contribution in [-0.2, 0) is 0 Å². The number of hydrogen-bond donors (Lipinski definition) is 0. The molecule has 0 unspecified atom stereocenters. The van der Waals surface area contributed by atoms with E-state index in [1.807, 2.05) is 38.1 Å². The van der Waals surface area contributed by atoms with Crippen LogP contribution in [0.2, 0.25) is 0 Å². The molecule has 3 aromatic carbocycles. The highest BCUT2D eigenvalue weighted by Gasteiger charge is 2.24. The molecular formula is C26H29N3O5. The van der Waals surface area contributed by atoms with Crippen molar-refractivity contribution in [3.8, 4) is 11.5 Å². The number of nitrogens with zero attached hydrogens (tertiary/aromatic N) is 3. The van der Waals surface area contributed by atoms with Gasteiger partial charge >= 0.3 is 0 Å². The van der Waals surface area contributed by atoms with Gasteiger partial charge in [0.25, 0.3) is 11.6 Å². The number of carbonyl (C=O) groups is 2. The van der Waals surface area contributed by atoms with Gasteiger partial charge in [-0.15, -0.1) is 0 Å². The summed E-state index contributed by atoms with van der Waals surface area (Å²) >= 11 is 0. The van der Waals surface area contributed by atoms with Crippen LogP contribution in [0.25, 0.3) is 0 Å². The summed E-state index contributed by atoms with van der Waals surface area (Å²) in [6, 6.07) is 16.2. The molecule has 0 radical (unpaired) electrons. The molecule has 0 fully saturated rings. The van der Waals surface area contributed by atoms with Crippen molar-refractivity contribution < 1.29 is 19.2 Å². The fraction of sp³-hybridized carbons (Fsp3) is 0.231. The number of ether oxygens (including phenoxy) is 1. The van der Waals surface area contributed by atoms with Gasteiger partial charge in [0.1, 0.15) is 17.2 Å². The Hall–Kier alpha value is -4.20. The summed E-state index contributed by atoms with van der Waals surface area (Å²) in [5.41, 5.74) is 2.54. The zero-order valence-corrected chi connectivity index (χ0v) is 19.2. The number of nitro groups is 1. The van der Waals surface area contributed by atoms with Gasteiger partial charge in [-0.3, -0.25) is 19.7 Å². The summed E-state index contributed by atoms with van der Waals surface area (Å²) in [6.45, 7) is 3.36. The number of rotatable bonds is 7. The first-order valence-electron chi connectivity index (χ1n) is 10.2. The molecule has 1 amide bonds. The van der Waals surface area contributed by atoms with Crippen molar-refractivity contribution in [3.63, 3.8) is 0 Å². The van der Waals surface area contributed by atoms with Crippen LogP contribution < -0.4 is 14.5 Å². The van der Waals surface area contributed by atoms with Crippen LogP contribution in [0.15, 0.2) is 60.7 Å². The van der Waals surface area contributed by atoms with Crippen LogP contribution in [0.4, 0.5) is 17.1 Å². The maximum atomic E-state index is 13.0. The van der Waals surface area contributed by atoms with Gasteiger partial charge in [0.2, 0.25) is 0 Å². The number of benzene rings is 3. The van der Waals surface area contributed by atoms with E-state index in [1.54, 1.807) is 30.3 Å². The van der Waals surface area contributed by atoms with E-state index < -0.39 is 10.8 Å².